The molecule has 0 aliphatic carbocycles. The molecule has 1 aliphatic heterocycles. The summed E-state index contributed by atoms with van der Waals surface area (Å²) >= 11 is 0. The maximum atomic E-state index is 12.1. The minimum Gasteiger partial charge on any atom is -0.352 e. The van der Waals surface area contributed by atoms with Crippen molar-refractivity contribution < 1.29 is 18.0 Å². The summed E-state index contributed by atoms with van der Waals surface area (Å²) in [6.45, 7) is 1.20. The molecule has 1 aromatic rings. The fraction of sp³-hybridized carbons (Fsp3) is 0.538. The summed E-state index contributed by atoms with van der Waals surface area (Å²) < 4.78 is 36.2. The fourth-order valence-electron chi connectivity index (χ4n) is 2.06. The molecular formula is C13H16F3N3O. The number of halogens is 3. The number of pyridine rings is 1. The van der Waals surface area contributed by atoms with Crippen molar-refractivity contribution in [1.29, 1.82) is 0 Å². The Morgan fingerprint density at radius 1 is 1.45 bits per heavy atom. The molecule has 7 heteroatoms. The van der Waals surface area contributed by atoms with Gasteiger partial charge in [-0.05, 0) is 12.1 Å². The van der Waals surface area contributed by atoms with E-state index in [1.807, 2.05) is 23.1 Å². The second-order valence-corrected chi connectivity index (χ2v) is 4.87. The van der Waals surface area contributed by atoms with Crippen molar-refractivity contribution in [3.05, 3.63) is 24.4 Å². The van der Waals surface area contributed by atoms with Gasteiger partial charge in [-0.15, -0.1) is 0 Å². The van der Waals surface area contributed by atoms with Gasteiger partial charge in [0.25, 0.3) is 0 Å². The smallest absolute Gasteiger partial charge is 0.352 e. The molecule has 4 nitrogen and oxygen atoms in total. The van der Waals surface area contributed by atoms with Gasteiger partial charge < -0.3 is 9.80 Å². The first-order valence-corrected chi connectivity index (χ1v) is 6.35. The van der Waals surface area contributed by atoms with E-state index in [0.717, 1.165) is 5.82 Å². The molecule has 1 fully saturated rings. The number of hydrogen-bond donors (Lipinski definition) is 0. The SMILES string of the molecule is CN(C(=O)CCC(F)(F)F)C1CN(c2ccccn2)C1. The molecule has 0 bridgehead atoms. The summed E-state index contributed by atoms with van der Waals surface area (Å²) in [4.78, 5) is 19.2. The minimum absolute atomic E-state index is 0.0438. The van der Waals surface area contributed by atoms with Crippen molar-refractivity contribution in [2.75, 3.05) is 25.0 Å². The number of carbonyl (C=O) groups excluding carboxylic acids is 1. The molecule has 0 N–H and O–H groups in total. The van der Waals surface area contributed by atoms with Gasteiger partial charge in [0.1, 0.15) is 5.82 Å². The van der Waals surface area contributed by atoms with E-state index in [2.05, 4.69) is 4.98 Å². The Labute approximate surface area is 115 Å². The highest BCUT2D eigenvalue weighted by atomic mass is 19.4. The van der Waals surface area contributed by atoms with Crippen LogP contribution in [0.5, 0.6) is 0 Å². The number of amides is 1. The van der Waals surface area contributed by atoms with Gasteiger partial charge in [0.05, 0.1) is 12.5 Å². The first-order valence-electron chi connectivity index (χ1n) is 6.35. The predicted octanol–water partition coefficient (Wildman–Crippen LogP) is 2.07. The number of likely N-dealkylation sites (N-methyl/N-ethyl adjacent to an activating group) is 1. The molecule has 0 atom stereocenters. The average Bonchev–Trinajstić information content (AvgIpc) is 2.34. The van der Waals surface area contributed by atoms with Gasteiger partial charge in [-0.2, -0.15) is 13.2 Å². The Morgan fingerprint density at radius 2 is 2.15 bits per heavy atom. The summed E-state index contributed by atoms with van der Waals surface area (Å²) in [5.74, 6) is 0.355. The normalized spacial score (nSPS) is 15.9. The Hall–Kier alpha value is -1.79. The average molecular weight is 287 g/mol. The van der Waals surface area contributed by atoms with Crippen molar-refractivity contribution in [2.24, 2.45) is 0 Å². The fourth-order valence-corrected chi connectivity index (χ4v) is 2.06. The van der Waals surface area contributed by atoms with Gasteiger partial charge in [-0.1, -0.05) is 6.07 Å². The highest BCUT2D eigenvalue weighted by Crippen LogP contribution is 2.24. The van der Waals surface area contributed by atoms with Crippen LogP contribution in [0.2, 0.25) is 0 Å². The van der Waals surface area contributed by atoms with Crippen LogP contribution in [0, 0.1) is 0 Å². The summed E-state index contributed by atoms with van der Waals surface area (Å²) in [6.07, 6.45) is -4.15. The van der Waals surface area contributed by atoms with Crippen LogP contribution in [-0.4, -0.2) is 48.1 Å². The number of alkyl halides is 3. The van der Waals surface area contributed by atoms with E-state index < -0.39 is 24.9 Å². The molecule has 1 amide bonds. The number of nitrogens with zero attached hydrogens (tertiary/aromatic N) is 3. The number of aromatic nitrogens is 1. The van der Waals surface area contributed by atoms with E-state index in [-0.39, 0.29) is 6.04 Å². The third kappa shape index (κ3) is 3.61. The van der Waals surface area contributed by atoms with Crippen LogP contribution in [-0.2, 0) is 4.79 Å². The van der Waals surface area contributed by atoms with Crippen molar-refractivity contribution in [3.8, 4) is 0 Å². The highest BCUT2D eigenvalue weighted by Gasteiger charge is 2.34. The zero-order chi connectivity index (χ0) is 14.8. The van der Waals surface area contributed by atoms with Crippen LogP contribution in [0.4, 0.5) is 19.0 Å². The number of rotatable bonds is 4. The van der Waals surface area contributed by atoms with E-state index in [1.165, 1.54) is 4.90 Å². The zero-order valence-corrected chi connectivity index (χ0v) is 11.1. The topological polar surface area (TPSA) is 36.4 Å². The summed E-state index contributed by atoms with van der Waals surface area (Å²) in [5.41, 5.74) is 0. The quantitative estimate of drug-likeness (QED) is 0.850. The highest BCUT2D eigenvalue weighted by molar-refractivity contribution is 5.76. The standard InChI is InChI=1S/C13H16F3N3O/c1-18(12(20)5-6-13(14,15)16)10-8-19(9-10)11-4-2-3-7-17-11/h2-4,7,10H,5-6,8-9H2,1H3. The molecule has 1 aliphatic rings. The lowest BCUT2D eigenvalue weighted by Gasteiger charge is -2.44. The van der Waals surface area contributed by atoms with E-state index in [4.69, 9.17) is 0 Å². The summed E-state index contributed by atoms with van der Waals surface area (Å²) in [5, 5.41) is 0. The maximum Gasteiger partial charge on any atom is 0.389 e. The molecule has 0 aromatic carbocycles. The Kier molecular flexibility index (Phi) is 4.15. The molecule has 0 saturated carbocycles. The molecule has 1 aromatic heterocycles. The summed E-state index contributed by atoms with van der Waals surface area (Å²) in [7, 11) is 1.55. The minimum atomic E-state index is -4.28. The monoisotopic (exact) mass is 287 g/mol. The molecule has 20 heavy (non-hydrogen) atoms. The lowest BCUT2D eigenvalue weighted by atomic mass is 10.1. The molecule has 1 saturated heterocycles. The third-order valence-electron chi connectivity index (χ3n) is 3.40. The van der Waals surface area contributed by atoms with Crippen LogP contribution < -0.4 is 4.90 Å². The van der Waals surface area contributed by atoms with Gasteiger partial charge in [0.2, 0.25) is 5.91 Å². The third-order valence-corrected chi connectivity index (χ3v) is 3.40. The zero-order valence-electron chi connectivity index (χ0n) is 11.1. The second kappa shape index (κ2) is 5.68. The molecule has 0 radical (unpaired) electrons. The number of carbonyl (C=O) groups is 1. The van der Waals surface area contributed by atoms with Gasteiger partial charge in [-0.3, -0.25) is 4.79 Å². The van der Waals surface area contributed by atoms with Gasteiger partial charge in [-0.25, -0.2) is 4.98 Å². The van der Waals surface area contributed by atoms with Crippen LogP contribution >= 0.6 is 0 Å². The first kappa shape index (κ1) is 14.6. The van der Waals surface area contributed by atoms with Gasteiger partial charge >= 0.3 is 6.18 Å². The molecule has 0 unspecified atom stereocenters. The largest absolute Gasteiger partial charge is 0.389 e. The number of hydrogen-bond acceptors (Lipinski definition) is 3. The predicted molar refractivity (Wildman–Crippen MR) is 68.3 cm³/mol. The Balaban J connectivity index is 1.79. The molecule has 2 heterocycles. The van der Waals surface area contributed by atoms with E-state index in [1.54, 1.807) is 13.2 Å². The van der Waals surface area contributed by atoms with Crippen molar-refractivity contribution in [3.63, 3.8) is 0 Å². The Morgan fingerprint density at radius 3 is 2.70 bits per heavy atom. The van der Waals surface area contributed by atoms with Crippen LogP contribution in [0.3, 0.4) is 0 Å². The van der Waals surface area contributed by atoms with E-state index in [0.29, 0.717) is 13.1 Å². The second-order valence-electron chi connectivity index (χ2n) is 4.87. The van der Waals surface area contributed by atoms with Crippen LogP contribution in [0.25, 0.3) is 0 Å². The van der Waals surface area contributed by atoms with Crippen molar-refractivity contribution >= 4 is 11.7 Å². The molecule has 110 valence electrons. The lowest BCUT2D eigenvalue weighted by molar-refractivity contribution is -0.149. The van der Waals surface area contributed by atoms with Crippen LogP contribution in [0.15, 0.2) is 24.4 Å². The van der Waals surface area contributed by atoms with E-state index in [9.17, 15) is 18.0 Å². The van der Waals surface area contributed by atoms with Crippen molar-refractivity contribution in [1.82, 2.24) is 9.88 Å². The van der Waals surface area contributed by atoms with E-state index >= 15 is 0 Å². The number of anilines is 1. The van der Waals surface area contributed by atoms with Crippen molar-refractivity contribution in [2.45, 2.75) is 25.1 Å². The maximum absolute atomic E-state index is 12.1. The molecule has 2 rings (SSSR count). The molecule has 0 spiro atoms. The molecular weight excluding hydrogens is 271 g/mol. The first-order chi connectivity index (χ1) is 9.37. The van der Waals surface area contributed by atoms with Gasteiger partial charge in [0.15, 0.2) is 0 Å². The summed E-state index contributed by atoms with van der Waals surface area (Å²) in [6, 6.07) is 5.50. The van der Waals surface area contributed by atoms with Gasteiger partial charge in [0, 0.05) is 32.8 Å². The lowest BCUT2D eigenvalue weighted by Crippen LogP contribution is -2.60. The Bertz CT molecular complexity index is 458. The van der Waals surface area contributed by atoms with Crippen LogP contribution in [0.1, 0.15) is 12.8 Å².